The summed E-state index contributed by atoms with van der Waals surface area (Å²) in [6.45, 7) is 1.10. The highest BCUT2D eigenvalue weighted by atomic mass is 32.1. The fourth-order valence-corrected chi connectivity index (χ4v) is 4.50. The summed E-state index contributed by atoms with van der Waals surface area (Å²) in [5.74, 6) is 0. The number of piperidine rings is 1. The van der Waals surface area contributed by atoms with E-state index in [0.29, 0.717) is 6.04 Å². The van der Waals surface area contributed by atoms with Crippen LogP contribution < -0.4 is 0 Å². The molecule has 108 valence electrons. The number of rotatable bonds is 3. The Kier molecular flexibility index (Phi) is 3.66. The number of thiophene rings is 1. The average molecular weight is 295 g/mol. The predicted octanol–water partition coefficient (Wildman–Crippen LogP) is 4.96. The number of hydrogen-bond acceptors (Lipinski definition) is 2. The van der Waals surface area contributed by atoms with E-state index in [1.807, 2.05) is 11.3 Å². The molecule has 21 heavy (non-hydrogen) atoms. The molecule has 1 aromatic heterocycles. The van der Waals surface area contributed by atoms with E-state index in [1.165, 1.54) is 36.8 Å². The van der Waals surface area contributed by atoms with E-state index in [0.717, 1.165) is 12.6 Å². The lowest BCUT2D eigenvalue weighted by Crippen LogP contribution is -2.47. The van der Waals surface area contributed by atoms with Gasteiger partial charge in [-0.2, -0.15) is 11.3 Å². The molecule has 0 N–H and O–H groups in total. The van der Waals surface area contributed by atoms with Gasteiger partial charge in [0.15, 0.2) is 0 Å². The zero-order chi connectivity index (χ0) is 14.1. The Morgan fingerprint density at radius 1 is 1.10 bits per heavy atom. The van der Waals surface area contributed by atoms with Crippen LogP contribution in [0.15, 0.2) is 53.2 Å². The van der Waals surface area contributed by atoms with Gasteiger partial charge in [-0.05, 0) is 52.8 Å². The van der Waals surface area contributed by atoms with Gasteiger partial charge in [0.25, 0.3) is 0 Å². The molecule has 3 heterocycles. The van der Waals surface area contributed by atoms with Gasteiger partial charge < -0.3 is 0 Å². The first-order valence-electron chi connectivity index (χ1n) is 7.93. The smallest absolute Gasteiger partial charge is 0.0290 e. The van der Waals surface area contributed by atoms with Crippen LogP contribution in [0.1, 0.15) is 36.8 Å². The molecule has 0 amide bonds. The summed E-state index contributed by atoms with van der Waals surface area (Å²) in [5.41, 5.74) is 4.48. The molecule has 1 saturated heterocycles. The van der Waals surface area contributed by atoms with E-state index in [9.17, 15) is 0 Å². The molecule has 2 aromatic rings. The second-order valence-electron chi connectivity index (χ2n) is 6.22. The van der Waals surface area contributed by atoms with Crippen molar-refractivity contribution in [2.75, 3.05) is 0 Å². The zero-order valence-corrected chi connectivity index (χ0v) is 13.1. The van der Waals surface area contributed by atoms with Crippen LogP contribution in [-0.2, 0) is 6.54 Å². The van der Waals surface area contributed by atoms with Crippen LogP contribution in [0.5, 0.6) is 0 Å². The van der Waals surface area contributed by atoms with Gasteiger partial charge in [-0.15, -0.1) is 0 Å². The maximum atomic E-state index is 2.73. The molecule has 2 heteroatoms. The van der Waals surface area contributed by atoms with E-state index in [4.69, 9.17) is 0 Å². The molecule has 1 fully saturated rings. The predicted molar refractivity (Wildman–Crippen MR) is 90.3 cm³/mol. The maximum absolute atomic E-state index is 2.73. The van der Waals surface area contributed by atoms with E-state index < -0.39 is 0 Å². The monoisotopic (exact) mass is 295 g/mol. The molecule has 1 nitrogen and oxygen atoms in total. The average Bonchev–Trinajstić information content (AvgIpc) is 3.02. The molecule has 2 atom stereocenters. The molecule has 2 aliphatic heterocycles. The lowest BCUT2D eigenvalue weighted by Gasteiger charge is -2.45. The molecule has 2 aliphatic rings. The van der Waals surface area contributed by atoms with Gasteiger partial charge in [0.05, 0.1) is 0 Å². The second-order valence-corrected chi connectivity index (χ2v) is 7.00. The molecule has 0 aliphatic carbocycles. The van der Waals surface area contributed by atoms with Gasteiger partial charge in [-0.25, -0.2) is 0 Å². The third kappa shape index (κ3) is 2.70. The van der Waals surface area contributed by atoms with Gasteiger partial charge in [0.1, 0.15) is 0 Å². The van der Waals surface area contributed by atoms with Crippen LogP contribution in [0.25, 0.3) is 5.57 Å². The molecule has 0 radical (unpaired) electrons. The maximum Gasteiger partial charge on any atom is 0.0290 e. The topological polar surface area (TPSA) is 3.24 Å². The highest BCUT2D eigenvalue weighted by Gasteiger charge is 2.33. The molecule has 1 aromatic carbocycles. The van der Waals surface area contributed by atoms with Gasteiger partial charge in [0, 0.05) is 18.6 Å². The van der Waals surface area contributed by atoms with Crippen molar-refractivity contribution in [3.05, 3.63) is 64.4 Å². The standard InChI is InChI=1S/C19H21NS/c1-2-5-15(6-3-1)13-20-18-7-4-8-19(20)12-17(11-18)16-9-10-21-14-16/h1-3,5-6,9-11,14,18-19H,4,7-8,12-13H2. The number of benzene rings is 1. The first-order valence-corrected chi connectivity index (χ1v) is 8.87. The van der Waals surface area contributed by atoms with Crippen molar-refractivity contribution in [2.24, 2.45) is 0 Å². The van der Waals surface area contributed by atoms with Crippen molar-refractivity contribution in [1.82, 2.24) is 4.90 Å². The fourth-order valence-electron chi connectivity index (χ4n) is 3.82. The van der Waals surface area contributed by atoms with E-state index >= 15 is 0 Å². The minimum atomic E-state index is 0.632. The summed E-state index contributed by atoms with van der Waals surface area (Å²) in [5, 5.41) is 4.50. The number of fused-ring (bicyclic) bond motifs is 2. The normalized spacial score (nSPS) is 25.6. The van der Waals surface area contributed by atoms with Crippen LogP contribution in [0.4, 0.5) is 0 Å². The fraction of sp³-hybridized carbons (Fsp3) is 0.368. The quantitative estimate of drug-likeness (QED) is 0.773. The summed E-state index contributed by atoms with van der Waals surface area (Å²) in [6, 6.07) is 14.6. The lowest BCUT2D eigenvalue weighted by molar-refractivity contribution is 0.0951. The minimum absolute atomic E-state index is 0.632. The minimum Gasteiger partial charge on any atom is -0.289 e. The lowest BCUT2D eigenvalue weighted by atomic mass is 9.83. The Bertz CT molecular complexity index is 614. The van der Waals surface area contributed by atoms with E-state index in [2.05, 4.69) is 58.1 Å². The van der Waals surface area contributed by atoms with Gasteiger partial charge in [-0.3, -0.25) is 4.90 Å². The Hall–Kier alpha value is -1.38. The second kappa shape index (κ2) is 5.78. The van der Waals surface area contributed by atoms with Crippen molar-refractivity contribution in [1.29, 1.82) is 0 Å². The Morgan fingerprint density at radius 2 is 2.00 bits per heavy atom. The van der Waals surface area contributed by atoms with Crippen molar-refractivity contribution >= 4 is 16.9 Å². The molecule has 4 rings (SSSR count). The third-order valence-corrected chi connectivity index (χ3v) is 5.56. The number of hydrogen-bond donors (Lipinski definition) is 0. The highest BCUT2D eigenvalue weighted by Crippen LogP contribution is 2.38. The Balaban J connectivity index is 1.59. The third-order valence-electron chi connectivity index (χ3n) is 4.88. The number of nitrogens with zero attached hydrogens (tertiary/aromatic N) is 1. The Morgan fingerprint density at radius 3 is 2.76 bits per heavy atom. The van der Waals surface area contributed by atoms with Gasteiger partial charge >= 0.3 is 0 Å². The summed E-state index contributed by atoms with van der Waals surface area (Å²) < 4.78 is 0. The molecule has 0 spiro atoms. The highest BCUT2D eigenvalue weighted by molar-refractivity contribution is 7.08. The van der Waals surface area contributed by atoms with Crippen LogP contribution in [0.2, 0.25) is 0 Å². The van der Waals surface area contributed by atoms with Crippen LogP contribution in [-0.4, -0.2) is 17.0 Å². The van der Waals surface area contributed by atoms with Crippen molar-refractivity contribution in [3.63, 3.8) is 0 Å². The molecule has 2 bridgehead atoms. The summed E-state index contributed by atoms with van der Waals surface area (Å²) in [6.07, 6.45) is 7.82. The molecular formula is C19H21NS. The molecular weight excluding hydrogens is 274 g/mol. The van der Waals surface area contributed by atoms with Crippen molar-refractivity contribution in [2.45, 2.75) is 44.3 Å². The van der Waals surface area contributed by atoms with Crippen molar-refractivity contribution < 1.29 is 0 Å². The van der Waals surface area contributed by atoms with Gasteiger partial charge in [0.2, 0.25) is 0 Å². The first-order chi connectivity index (χ1) is 10.4. The summed E-state index contributed by atoms with van der Waals surface area (Å²) in [4.78, 5) is 2.73. The van der Waals surface area contributed by atoms with Crippen LogP contribution in [0, 0.1) is 0 Å². The van der Waals surface area contributed by atoms with Crippen molar-refractivity contribution in [3.8, 4) is 0 Å². The van der Waals surface area contributed by atoms with E-state index in [1.54, 1.807) is 5.57 Å². The molecule has 2 unspecified atom stereocenters. The van der Waals surface area contributed by atoms with Gasteiger partial charge in [-0.1, -0.05) is 42.8 Å². The van der Waals surface area contributed by atoms with Crippen LogP contribution in [0.3, 0.4) is 0 Å². The largest absolute Gasteiger partial charge is 0.289 e. The Labute approximate surface area is 130 Å². The first kappa shape index (κ1) is 13.3. The SMILES string of the molecule is C1=C(c2ccsc2)CC2CCCC1N2Cc1ccccc1. The molecule has 0 saturated carbocycles. The zero-order valence-electron chi connectivity index (χ0n) is 12.2. The van der Waals surface area contributed by atoms with Crippen LogP contribution >= 0.6 is 11.3 Å². The summed E-state index contributed by atoms with van der Waals surface area (Å²) >= 11 is 1.81. The summed E-state index contributed by atoms with van der Waals surface area (Å²) in [7, 11) is 0. The van der Waals surface area contributed by atoms with E-state index in [-0.39, 0.29) is 0 Å².